The number of fused-ring (bicyclic) bond motifs is 1. The molecule has 1 atom stereocenters. The summed E-state index contributed by atoms with van der Waals surface area (Å²) < 4.78 is 0.978. The maximum absolute atomic E-state index is 9.00. The zero-order chi connectivity index (χ0) is 12.3. The lowest BCUT2D eigenvalue weighted by atomic mass is 10.1. The third-order valence-corrected chi connectivity index (χ3v) is 3.06. The highest BCUT2D eigenvalue weighted by atomic mass is 79.9. The standard InChI is InChI=1S/C13H15BrN2O/c1-9(8-17)6-15-12-4-2-3-10-5-11(14)7-16-13(10)12/h2-5,7,9,15,17H,6,8H2,1H3. The van der Waals surface area contributed by atoms with Gasteiger partial charge in [-0.3, -0.25) is 4.98 Å². The summed E-state index contributed by atoms with van der Waals surface area (Å²) in [5, 5.41) is 13.4. The zero-order valence-electron chi connectivity index (χ0n) is 9.65. The van der Waals surface area contributed by atoms with Gasteiger partial charge in [-0.15, -0.1) is 0 Å². The van der Waals surface area contributed by atoms with Crippen molar-refractivity contribution >= 4 is 32.5 Å². The number of pyridine rings is 1. The van der Waals surface area contributed by atoms with Gasteiger partial charge in [-0.1, -0.05) is 19.1 Å². The topological polar surface area (TPSA) is 45.1 Å². The molecule has 0 radical (unpaired) electrons. The summed E-state index contributed by atoms with van der Waals surface area (Å²) in [7, 11) is 0. The SMILES string of the molecule is CC(CO)CNc1cccc2cc(Br)cnc12. The minimum absolute atomic E-state index is 0.191. The summed E-state index contributed by atoms with van der Waals surface area (Å²) in [5.74, 6) is 0.237. The fourth-order valence-electron chi connectivity index (χ4n) is 1.63. The molecule has 0 aliphatic rings. The van der Waals surface area contributed by atoms with E-state index in [0.717, 1.165) is 27.6 Å². The number of aliphatic hydroxyl groups excluding tert-OH is 1. The normalized spacial score (nSPS) is 12.6. The third kappa shape index (κ3) is 2.96. The molecule has 1 unspecified atom stereocenters. The van der Waals surface area contributed by atoms with Crippen molar-refractivity contribution in [3.8, 4) is 0 Å². The highest BCUT2D eigenvalue weighted by molar-refractivity contribution is 9.10. The van der Waals surface area contributed by atoms with Gasteiger partial charge in [-0.25, -0.2) is 0 Å². The lowest BCUT2D eigenvalue weighted by Crippen LogP contribution is -2.14. The lowest BCUT2D eigenvalue weighted by Gasteiger charge is -2.12. The average molecular weight is 295 g/mol. The summed E-state index contributed by atoms with van der Waals surface area (Å²) in [6.45, 7) is 2.94. The van der Waals surface area contributed by atoms with E-state index < -0.39 is 0 Å². The Hall–Kier alpha value is -1.13. The number of nitrogens with one attached hydrogen (secondary N) is 1. The van der Waals surface area contributed by atoms with Crippen molar-refractivity contribution in [1.82, 2.24) is 4.98 Å². The molecule has 2 rings (SSSR count). The highest BCUT2D eigenvalue weighted by Crippen LogP contribution is 2.23. The molecule has 0 spiro atoms. The molecule has 1 aromatic carbocycles. The Morgan fingerprint density at radius 3 is 3.06 bits per heavy atom. The number of halogens is 1. The second-order valence-electron chi connectivity index (χ2n) is 4.20. The molecule has 1 heterocycles. The first-order valence-corrected chi connectivity index (χ1v) is 6.39. The van der Waals surface area contributed by atoms with Crippen molar-refractivity contribution in [3.63, 3.8) is 0 Å². The molecule has 0 saturated heterocycles. The fourth-order valence-corrected chi connectivity index (χ4v) is 1.97. The molecule has 1 aromatic heterocycles. The Balaban J connectivity index is 2.28. The van der Waals surface area contributed by atoms with E-state index in [1.165, 1.54) is 0 Å². The van der Waals surface area contributed by atoms with Gasteiger partial charge in [0.15, 0.2) is 0 Å². The van der Waals surface area contributed by atoms with Crippen molar-refractivity contribution in [2.75, 3.05) is 18.5 Å². The van der Waals surface area contributed by atoms with E-state index in [0.29, 0.717) is 0 Å². The Kier molecular flexibility index (Phi) is 3.97. The number of anilines is 1. The van der Waals surface area contributed by atoms with Gasteiger partial charge in [0.2, 0.25) is 0 Å². The van der Waals surface area contributed by atoms with Crippen LogP contribution < -0.4 is 5.32 Å². The molecule has 0 amide bonds. The van der Waals surface area contributed by atoms with E-state index in [9.17, 15) is 0 Å². The number of aromatic nitrogens is 1. The van der Waals surface area contributed by atoms with Crippen LogP contribution in [0.2, 0.25) is 0 Å². The van der Waals surface area contributed by atoms with E-state index >= 15 is 0 Å². The van der Waals surface area contributed by atoms with Crippen molar-refractivity contribution in [2.45, 2.75) is 6.92 Å². The van der Waals surface area contributed by atoms with Gasteiger partial charge in [0.25, 0.3) is 0 Å². The maximum atomic E-state index is 9.00. The Labute approximate surface area is 109 Å². The molecular formula is C13H15BrN2O. The zero-order valence-corrected chi connectivity index (χ0v) is 11.2. The van der Waals surface area contributed by atoms with Crippen molar-refractivity contribution < 1.29 is 5.11 Å². The van der Waals surface area contributed by atoms with E-state index in [1.54, 1.807) is 6.20 Å². The van der Waals surface area contributed by atoms with Crippen LogP contribution in [0, 0.1) is 5.92 Å². The first-order chi connectivity index (χ1) is 8.20. The first-order valence-electron chi connectivity index (χ1n) is 5.59. The second-order valence-corrected chi connectivity index (χ2v) is 5.12. The van der Waals surface area contributed by atoms with Crippen LogP contribution in [-0.2, 0) is 0 Å². The minimum Gasteiger partial charge on any atom is -0.396 e. The van der Waals surface area contributed by atoms with Crippen LogP contribution in [0.1, 0.15) is 6.92 Å². The molecule has 2 aromatic rings. The molecular weight excluding hydrogens is 280 g/mol. The van der Waals surface area contributed by atoms with Gasteiger partial charge in [0.1, 0.15) is 0 Å². The van der Waals surface area contributed by atoms with Gasteiger partial charge in [-0.2, -0.15) is 0 Å². The van der Waals surface area contributed by atoms with E-state index in [-0.39, 0.29) is 12.5 Å². The molecule has 0 aliphatic heterocycles. The van der Waals surface area contributed by atoms with E-state index in [1.807, 2.05) is 31.2 Å². The van der Waals surface area contributed by atoms with Crippen molar-refractivity contribution in [1.29, 1.82) is 0 Å². The summed E-state index contributed by atoms with van der Waals surface area (Å²) in [6.07, 6.45) is 1.79. The molecule has 90 valence electrons. The molecule has 17 heavy (non-hydrogen) atoms. The average Bonchev–Trinajstić information content (AvgIpc) is 2.35. The van der Waals surface area contributed by atoms with Crippen molar-refractivity contribution in [3.05, 3.63) is 34.9 Å². The van der Waals surface area contributed by atoms with Gasteiger partial charge in [0, 0.05) is 29.2 Å². The van der Waals surface area contributed by atoms with Gasteiger partial charge < -0.3 is 10.4 Å². The number of para-hydroxylation sites is 1. The van der Waals surface area contributed by atoms with Crippen LogP contribution in [0.15, 0.2) is 34.9 Å². The van der Waals surface area contributed by atoms with Crippen LogP contribution in [0.3, 0.4) is 0 Å². The predicted molar refractivity (Wildman–Crippen MR) is 74.2 cm³/mol. The van der Waals surface area contributed by atoms with Crippen LogP contribution in [0.4, 0.5) is 5.69 Å². The third-order valence-electron chi connectivity index (χ3n) is 2.63. The number of aliphatic hydroxyl groups is 1. The summed E-state index contributed by atoms with van der Waals surface area (Å²) in [6, 6.07) is 8.09. The van der Waals surface area contributed by atoms with E-state index in [2.05, 4.69) is 26.2 Å². The van der Waals surface area contributed by atoms with Crippen LogP contribution in [0.5, 0.6) is 0 Å². The number of benzene rings is 1. The minimum atomic E-state index is 0.191. The van der Waals surface area contributed by atoms with Crippen LogP contribution in [0.25, 0.3) is 10.9 Å². The monoisotopic (exact) mass is 294 g/mol. The second kappa shape index (κ2) is 5.47. The highest BCUT2D eigenvalue weighted by Gasteiger charge is 2.04. The van der Waals surface area contributed by atoms with Crippen molar-refractivity contribution in [2.24, 2.45) is 5.92 Å². The smallest absolute Gasteiger partial charge is 0.0934 e. The Morgan fingerprint density at radius 2 is 2.29 bits per heavy atom. The summed E-state index contributed by atoms with van der Waals surface area (Å²) >= 11 is 3.41. The van der Waals surface area contributed by atoms with Crippen LogP contribution in [-0.4, -0.2) is 23.2 Å². The molecule has 0 bridgehead atoms. The molecule has 2 N–H and O–H groups in total. The molecule has 0 saturated carbocycles. The number of nitrogens with zero attached hydrogens (tertiary/aromatic N) is 1. The number of hydrogen-bond donors (Lipinski definition) is 2. The molecule has 3 nitrogen and oxygen atoms in total. The first kappa shape index (κ1) is 12.3. The van der Waals surface area contributed by atoms with Crippen LogP contribution >= 0.6 is 15.9 Å². The molecule has 4 heteroatoms. The molecule has 0 fully saturated rings. The fraction of sp³-hybridized carbons (Fsp3) is 0.308. The largest absolute Gasteiger partial charge is 0.396 e. The van der Waals surface area contributed by atoms with Gasteiger partial charge >= 0.3 is 0 Å². The molecule has 0 aliphatic carbocycles. The summed E-state index contributed by atoms with van der Waals surface area (Å²) in [5.41, 5.74) is 1.97. The number of rotatable bonds is 4. The Morgan fingerprint density at radius 1 is 1.47 bits per heavy atom. The quantitative estimate of drug-likeness (QED) is 0.911. The summed E-state index contributed by atoms with van der Waals surface area (Å²) in [4.78, 5) is 4.41. The maximum Gasteiger partial charge on any atom is 0.0934 e. The lowest BCUT2D eigenvalue weighted by molar-refractivity contribution is 0.244. The van der Waals surface area contributed by atoms with Gasteiger partial charge in [-0.05, 0) is 34.0 Å². The predicted octanol–water partition coefficient (Wildman–Crippen LogP) is 3.04. The van der Waals surface area contributed by atoms with Gasteiger partial charge in [0.05, 0.1) is 11.2 Å². The van der Waals surface area contributed by atoms with E-state index in [4.69, 9.17) is 5.11 Å². The number of hydrogen-bond acceptors (Lipinski definition) is 3. The Bertz CT molecular complexity index is 516.